The van der Waals surface area contributed by atoms with E-state index >= 15 is 0 Å². The average Bonchev–Trinajstić information content (AvgIpc) is 2.95. The Balaban J connectivity index is 1.66. The van der Waals surface area contributed by atoms with E-state index in [4.69, 9.17) is 14.9 Å². The van der Waals surface area contributed by atoms with Gasteiger partial charge in [-0.25, -0.2) is 22.0 Å². The molecule has 3 rings (SSSR count). The van der Waals surface area contributed by atoms with Gasteiger partial charge in [0.25, 0.3) is 0 Å². The van der Waals surface area contributed by atoms with Gasteiger partial charge in [-0.2, -0.15) is 0 Å². The van der Waals surface area contributed by atoms with Gasteiger partial charge in [-0.15, -0.1) is 0 Å². The summed E-state index contributed by atoms with van der Waals surface area (Å²) >= 11 is 0. The SMILES string of the molecule is CC1(C)[C@H](C(=N)OC2CCCC2)[C@H]1C(=O)OCc1c(F)c(F)c(F)c(F)c1F. The van der Waals surface area contributed by atoms with Crippen LogP contribution in [-0.2, 0) is 20.9 Å². The smallest absolute Gasteiger partial charge is 0.310 e. The highest BCUT2D eigenvalue weighted by Gasteiger charge is 2.66. The zero-order valence-electron chi connectivity index (χ0n) is 15.4. The Morgan fingerprint density at radius 2 is 1.46 bits per heavy atom. The van der Waals surface area contributed by atoms with E-state index in [1.807, 2.05) is 0 Å². The summed E-state index contributed by atoms with van der Waals surface area (Å²) in [5.41, 5.74) is -1.87. The van der Waals surface area contributed by atoms with Crippen LogP contribution >= 0.6 is 0 Å². The molecule has 0 aliphatic heterocycles. The standard InChI is InChI=1S/C19H20F5NO3/c1-19(2)10(17(25)28-8-5-3-4-6-8)11(19)18(26)27-7-9-12(20)14(22)16(24)15(23)13(9)21/h8,10-11,25H,3-7H2,1-2H3/t10-,11-/m0/s1. The Morgan fingerprint density at radius 1 is 0.964 bits per heavy atom. The van der Waals surface area contributed by atoms with Gasteiger partial charge in [0.15, 0.2) is 29.2 Å². The quantitative estimate of drug-likeness (QED) is 0.194. The molecule has 1 aromatic carbocycles. The molecule has 2 atom stereocenters. The number of carbonyl (C=O) groups excluding carboxylic acids is 1. The Kier molecular flexibility index (Phi) is 5.38. The number of hydrogen-bond donors (Lipinski definition) is 1. The first-order valence-corrected chi connectivity index (χ1v) is 8.99. The zero-order chi connectivity index (χ0) is 20.8. The van der Waals surface area contributed by atoms with Gasteiger partial charge >= 0.3 is 5.97 Å². The fraction of sp³-hybridized carbons (Fsp3) is 0.579. The van der Waals surface area contributed by atoms with E-state index in [1.165, 1.54) is 0 Å². The average molecular weight is 405 g/mol. The number of benzene rings is 1. The molecule has 2 fully saturated rings. The van der Waals surface area contributed by atoms with Crippen LogP contribution in [0.1, 0.15) is 45.1 Å². The minimum absolute atomic E-state index is 0.0462. The molecule has 154 valence electrons. The molecule has 2 aliphatic rings. The highest BCUT2D eigenvalue weighted by atomic mass is 19.2. The van der Waals surface area contributed by atoms with Crippen LogP contribution in [-0.4, -0.2) is 18.0 Å². The molecule has 2 saturated carbocycles. The minimum Gasteiger partial charge on any atom is -0.478 e. The Hall–Kier alpha value is -2.19. The van der Waals surface area contributed by atoms with E-state index in [0.717, 1.165) is 25.7 Å². The molecule has 9 heteroatoms. The van der Waals surface area contributed by atoms with E-state index in [-0.39, 0.29) is 12.0 Å². The van der Waals surface area contributed by atoms with E-state index in [0.29, 0.717) is 0 Å². The van der Waals surface area contributed by atoms with Crippen LogP contribution in [0.4, 0.5) is 22.0 Å². The van der Waals surface area contributed by atoms with Gasteiger partial charge in [0.05, 0.1) is 17.4 Å². The largest absolute Gasteiger partial charge is 0.478 e. The zero-order valence-corrected chi connectivity index (χ0v) is 15.4. The lowest BCUT2D eigenvalue weighted by atomic mass is 10.1. The van der Waals surface area contributed by atoms with Crippen molar-refractivity contribution in [3.8, 4) is 0 Å². The molecular formula is C19H20F5NO3. The van der Waals surface area contributed by atoms with E-state index in [2.05, 4.69) is 0 Å². The van der Waals surface area contributed by atoms with Crippen LogP contribution in [0.15, 0.2) is 0 Å². The number of esters is 1. The van der Waals surface area contributed by atoms with Gasteiger partial charge in [0.1, 0.15) is 12.7 Å². The fourth-order valence-corrected chi connectivity index (χ4v) is 3.84. The molecule has 0 radical (unpaired) electrons. The molecule has 1 aromatic rings. The second-order valence-electron chi connectivity index (χ2n) is 7.82. The number of hydrogen-bond acceptors (Lipinski definition) is 4. The van der Waals surface area contributed by atoms with Crippen LogP contribution in [0.25, 0.3) is 0 Å². The topological polar surface area (TPSA) is 59.4 Å². The molecule has 0 heterocycles. The van der Waals surface area contributed by atoms with Crippen molar-refractivity contribution in [1.29, 1.82) is 5.41 Å². The van der Waals surface area contributed by atoms with Gasteiger partial charge < -0.3 is 9.47 Å². The lowest BCUT2D eigenvalue weighted by Crippen LogP contribution is -2.19. The molecule has 0 spiro atoms. The molecule has 0 amide bonds. The van der Waals surface area contributed by atoms with Gasteiger partial charge in [-0.1, -0.05) is 13.8 Å². The first-order chi connectivity index (χ1) is 13.1. The number of nitrogens with one attached hydrogen (secondary N) is 1. The minimum atomic E-state index is -2.27. The third kappa shape index (κ3) is 3.46. The third-order valence-electron chi connectivity index (χ3n) is 5.62. The van der Waals surface area contributed by atoms with Crippen LogP contribution in [0.3, 0.4) is 0 Å². The van der Waals surface area contributed by atoms with Crippen LogP contribution < -0.4 is 0 Å². The summed E-state index contributed by atoms with van der Waals surface area (Å²) in [6, 6.07) is 0. The molecule has 0 aromatic heterocycles. The highest BCUT2D eigenvalue weighted by molar-refractivity contribution is 5.91. The van der Waals surface area contributed by atoms with Gasteiger partial charge in [-0.3, -0.25) is 10.2 Å². The normalized spacial score (nSPS) is 23.5. The van der Waals surface area contributed by atoms with Crippen LogP contribution in [0, 0.1) is 51.7 Å². The van der Waals surface area contributed by atoms with Gasteiger partial charge in [0.2, 0.25) is 5.82 Å². The summed E-state index contributed by atoms with van der Waals surface area (Å²) in [4.78, 5) is 12.3. The summed E-state index contributed by atoms with van der Waals surface area (Å²) in [6.45, 7) is 2.34. The van der Waals surface area contributed by atoms with Crippen molar-refractivity contribution >= 4 is 11.9 Å². The van der Waals surface area contributed by atoms with Crippen molar-refractivity contribution in [2.75, 3.05) is 0 Å². The Labute approximate surface area is 158 Å². The second kappa shape index (κ2) is 7.33. The van der Waals surface area contributed by atoms with Crippen molar-refractivity contribution in [3.63, 3.8) is 0 Å². The molecule has 0 saturated heterocycles. The van der Waals surface area contributed by atoms with E-state index in [1.54, 1.807) is 13.8 Å². The number of carbonyl (C=O) groups is 1. The monoisotopic (exact) mass is 405 g/mol. The molecule has 0 bridgehead atoms. The number of ether oxygens (including phenoxy) is 2. The molecular weight excluding hydrogens is 385 g/mol. The fourth-order valence-electron chi connectivity index (χ4n) is 3.84. The first-order valence-electron chi connectivity index (χ1n) is 8.99. The molecule has 0 unspecified atom stereocenters. The Bertz CT molecular complexity index is 791. The van der Waals surface area contributed by atoms with Crippen LogP contribution in [0.5, 0.6) is 0 Å². The molecule has 28 heavy (non-hydrogen) atoms. The van der Waals surface area contributed by atoms with Crippen molar-refractivity contribution in [2.45, 2.75) is 52.2 Å². The van der Waals surface area contributed by atoms with E-state index < -0.39 is 64.5 Å². The molecule has 1 N–H and O–H groups in total. The maximum absolute atomic E-state index is 13.7. The predicted molar refractivity (Wildman–Crippen MR) is 87.9 cm³/mol. The van der Waals surface area contributed by atoms with E-state index in [9.17, 15) is 26.7 Å². The second-order valence-corrected chi connectivity index (χ2v) is 7.82. The summed E-state index contributed by atoms with van der Waals surface area (Å²) in [6.07, 6.45) is 3.64. The van der Waals surface area contributed by atoms with Crippen molar-refractivity contribution in [3.05, 3.63) is 34.6 Å². The molecule has 2 aliphatic carbocycles. The maximum atomic E-state index is 13.7. The lowest BCUT2D eigenvalue weighted by Gasteiger charge is -2.14. The summed E-state index contributed by atoms with van der Waals surface area (Å²) in [7, 11) is 0. The first kappa shape index (κ1) is 20.5. The summed E-state index contributed by atoms with van der Waals surface area (Å²) < 4.78 is 77.4. The highest BCUT2D eigenvalue weighted by Crippen LogP contribution is 2.59. The van der Waals surface area contributed by atoms with Crippen molar-refractivity contribution < 1.29 is 36.2 Å². The lowest BCUT2D eigenvalue weighted by molar-refractivity contribution is -0.147. The third-order valence-corrected chi connectivity index (χ3v) is 5.62. The summed E-state index contributed by atoms with van der Waals surface area (Å²) in [5.74, 6) is -12.8. The Morgan fingerprint density at radius 3 is 2.00 bits per heavy atom. The van der Waals surface area contributed by atoms with Crippen molar-refractivity contribution in [2.24, 2.45) is 17.3 Å². The van der Waals surface area contributed by atoms with Crippen LogP contribution in [0.2, 0.25) is 0 Å². The number of rotatable bonds is 5. The van der Waals surface area contributed by atoms with Crippen molar-refractivity contribution in [1.82, 2.24) is 0 Å². The summed E-state index contributed by atoms with van der Waals surface area (Å²) in [5, 5.41) is 8.10. The number of halogens is 5. The maximum Gasteiger partial charge on any atom is 0.310 e. The van der Waals surface area contributed by atoms with Gasteiger partial charge in [-0.05, 0) is 31.1 Å². The van der Waals surface area contributed by atoms with Gasteiger partial charge in [0, 0.05) is 0 Å². The predicted octanol–water partition coefficient (Wildman–Crippen LogP) is 4.63. The molecule has 4 nitrogen and oxygen atoms in total.